The Bertz CT molecular complexity index is 196. The van der Waals surface area contributed by atoms with E-state index in [2.05, 4.69) is 5.32 Å². The van der Waals surface area contributed by atoms with Crippen molar-refractivity contribution in [1.29, 1.82) is 0 Å². The van der Waals surface area contributed by atoms with Crippen molar-refractivity contribution in [2.24, 2.45) is 5.92 Å². The van der Waals surface area contributed by atoms with Gasteiger partial charge in [0.05, 0.1) is 0 Å². The van der Waals surface area contributed by atoms with Gasteiger partial charge in [0, 0.05) is 11.8 Å². The van der Waals surface area contributed by atoms with Gasteiger partial charge in [-0.3, -0.25) is 0 Å². The predicted molar refractivity (Wildman–Crippen MR) is 59.8 cm³/mol. The van der Waals surface area contributed by atoms with Crippen LogP contribution in [0.3, 0.4) is 0 Å². The quantitative estimate of drug-likeness (QED) is 0.585. The van der Waals surface area contributed by atoms with Crippen molar-refractivity contribution in [2.75, 3.05) is 13.1 Å². The predicted octanol–water partition coefficient (Wildman–Crippen LogP) is 3.72. The average molecular weight is 258 g/mol. The minimum absolute atomic E-state index is 0.167. The normalized spacial score (nSPS) is 27.0. The van der Waals surface area contributed by atoms with Crippen LogP contribution in [0.2, 0.25) is 0 Å². The fourth-order valence-electron chi connectivity index (χ4n) is 2.13. The summed E-state index contributed by atoms with van der Waals surface area (Å²) in [6, 6.07) is 0. The first-order chi connectivity index (χ1) is 7.47. The molecule has 0 aromatic rings. The van der Waals surface area contributed by atoms with Crippen LogP contribution in [0, 0.1) is 5.92 Å². The van der Waals surface area contributed by atoms with Crippen LogP contribution in [0.5, 0.6) is 0 Å². The van der Waals surface area contributed by atoms with E-state index in [0.717, 1.165) is 32.2 Å². The molecule has 0 amide bonds. The zero-order valence-electron chi connectivity index (χ0n) is 9.32. The topological polar surface area (TPSA) is 12.0 Å². The Hall–Kier alpha value is 0.0400. The van der Waals surface area contributed by atoms with Gasteiger partial charge >= 0.3 is 6.18 Å². The molecular weight excluding hydrogens is 239 g/mol. The molecule has 5 heteroatoms. The van der Waals surface area contributed by atoms with Gasteiger partial charge in [0.2, 0.25) is 0 Å². The Labute approximate surface area is 99.7 Å². The molecule has 0 aromatic carbocycles. The zero-order chi connectivity index (χ0) is 12.0. The van der Waals surface area contributed by atoms with Gasteiger partial charge in [-0.25, -0.2) is 0 Å². The van der Waals surface area contributed by atoms with Crippen molar-refractivity contribution < 1.29 is 13.2 Å². The minimum Gasteiger partial charge on any atom is -0.316 e. The van der Waals surface area contributed by atoms with Crippen molar-refractivity contribution in [1.82, 2.24) is 5.32 Å². The first-order valence-corrected chi connectivity index (χ1v) is 6.32. The monoisotopic (exact) mass is 257 g/mol. The molecule has 1 rings (SSSR count). The first kappa shape index (κ1) is 14.1. The third-order valence-electron chi connectivity index (χ3n) is 2.97. The molecule has 0 aromatic heterocycles. The third kappa shape index (κ3) is 6.59. The van der Waals surface area contributed by atoms with E-state index in [0.29, 0.717) is 12.5 Å². The van der Waals surface area contributed by atoms with Crippen LogP contribution in [-0.2, 0) is 0 Å². The molecule has 0 radical (unpaired) electrons. The smallest absolute Gasteiger partial charge is 0.316 e. The molecule has 96 valence electrons. The third-order valence-corrected chi connectivity index (χ3v) is 3.36. The molecule has 0 heterocycles. The van der Waals surface area contributed by atoms with Crippen LogP contribution in [0.25, 0.3) is 0 Å². The molecule has 16 heavy (non-hydrogen) atoms. The fourth-order valence-corrected chi connectivity index (χ4v) is 2.54. The highest BCUT2D eigenvalue weighted by Gasteiger charge is 2.26. The van der Waals surface area contributed by atoms with Gasteiger partial charge in [0.15, 0.2) is 0 Å². The molecule has 1 N–H and O–H groups in total. The lowest BCUT2D eigenvalue weighted by Gasteiger charge is -2.25. The maximum absolute atomic E-state index is 11.8. The summed E-state index contributed by atoms with van der Waals surface area (Å²) in [6.07, 6.45) is -0.185. The van der Waals surface area contributed by atoms with Gasteiger partial charge in [-0.2, -0.15) is 13.2 Å². The van der Waals surface area contributed by atoms with Crippen molar-refractivity contribution in [3.63, 3.8) is 0 Å². The zero-order valence-corrected chi connectivity index (χ0v) is 10.1. The average Bonchev–Trinajstić information content (AvgIpc) is 2.15. The minimum atomic E-state index is -4.02. The second-order valence-corrected chi connectivity index (χ2v) is 5.17. The number of hydrogen-bond acceptors (Lipinski definition) is 1. The molecule has 1 aliphatic carbocycles. The summed E-state index contributed by atoms with van der Waals surface area (Å²) in [5.41, 5.74) is 0. The van der Waals surface area contributed by atoms with E-state index in [1.807, 2.05) is 0 Å². The molecule has 0 bridgehead atoms. The number of nitrogens with one attached hydrogen (secondary N) is 1. The highest BCUT2D eigenvalue weighted by atomic mass is 35.5. The summed E-state index contributed by atoms with van der Waals surface area (Å²) < 4.78 is 35.5. The maximum atomic E-state index is 11.8. The van der Waals surface area contributed by atoms with Crippen LogP contribution >= 0.6 is 11.6 Å². The van der Waals surface area contributed by atoms with Crippen LogP contribution in [0.15, 0.2) is 0 Å². The molecule has 1 nitrogen and oxygen atoms in total. The second-order valence-electron chi connectivity index (χ2n) is 4.55. The Morgan fingerprint density at radius 2 is 2.00 bits per heavy atom. The summed E-state index contributed by atoms with van der Waals surface area (Å²) in [6.45, 7) is 1.25. The number of alkyl halides is 4. The Morgan fingerprint density at radius 3 is 2.62 bits per heavy atom. The number of hydrogen-bond donors (Lipinski definition) is 1. The molecule has 2 unspecified atom stereocenters. The number of rotatable bonds is 5. The SMILES string of the molecule is FC(F)(F)CCCNCC1CCCC(Cl)C1. The highest BCUT2D eigenvalue weighted by Crippen LogP contribution is 2.27. The Kier molecular flexibility index (Phi) is 5.90. The molecule has 1 fully saturated rings. The lowest BCUT2D eigenvalue weighted by atomic mass is 9.89. The standard InChI is InChI=1S/C11H19ClF3N/c12-10-4-1-3-9(7-10)8-16-6-2-5-11(13,14)15/h9-10,16H,1-8H2. The summed E-state index contributed by atoms with van der Waals surface area (Å²) in [4.78, 5) is 0. The van der Waals surface area contributed by atoms with Gasteiger partial charge in [0.25, 0.3) is 0 Å². The van der Waals surface area contributed by atoms with E-state index < -0.39 is 12.6 Å². The van der Waals surface area contributed by atoms with Crippen molar-refractivity contribution in [2.45, 2.75) is 50.1 Å². The summed E-state index contributed by atoms with van der Waals surface area (Å²) in [5.74, 6) is 0.544. The van der Waals surface area contributed by atoms with Crippen LogP contribution in [0.4, 0.5) is 13.2 Å². The molecule has 1 saturated carbocycles. The maximum Gasteiger partial charge on any atom is 0.389 e. The molecule has 0 aliphatic heterocycles. The van der Waals surface area contributed by atoms with Crippen LogP contribution in [-0.4, -0.2) is 24.6 Å². The number of halogens is 4. The van der Waals surface area contributed by atoms with Crippen LogP contribution in [0.1, 0.15) is 38.5 Å². The first-order valence-electron chi connectivity index (χ1n) is 5.89. The van der Waals surface area contributed by atoms with Gasteiger partial charge in [-0.1, -0.05) is 6.42 Å². The highest BCUT2D eigenvalue weighted by molar-refractivity contribution is 6.20. The largest absolute Gasteiger partial charge is 0.389 e. The van der Waals surface area contributed by atoms with Gasteiger partial charge in [-0.15, -0.1) is 11.6 Å². The van der Waals surface area contributed by atoms with E-state index in [9.17, 15) is 13.2 Å². The fraction of sp³-hybridized carbons (Fsp3) is 1.00. The molecule has 0 saturated heterocycles. The van der Waals surface area contributed by atoms with E-state index in [-0.39, 0.29) is 11.8 Å². The summed E-state index contributed by atoms with van der Waals surface area (Å²) in [7, 11) is 0. The van der Waals surface area contributed by atoms with Crippen molar-refractivity contribution in [3.8, 4) is 0 Å². The molecule has 0 spiro atoms. The lowest BCUT2D eigenvalue weighted by Crippen LogP contribution is -2.28. The lowest BCUT2D eigenvalue weighted by molar-refractivity contribution is -0.135. The Morgan fingerprint density at radius 1 is 1.25 bits per heavy atom. The Balaban J connectivity index is 1.98. The van der Waals surface area contributed by atoms with E-state index in [1.54, 1.807) is 0 Å². The van der Waals surface area contributed by atoms with Crippen molar-refractivity contribution >= 4 is 11.6 Å². The van der Waals surface area contributed by atoms with Gasteiger partial charge in [-0.05, 0) is 44.7 Å². The molecule has 1 aliphatic rings. The van der Waals surface area contributed by atoms with Crippen molar-refractivity contribution in [3.05, 3.63) is 0 Å². The van der Waals surface area contributed by atoms with Crippen LogP contribution < -0.4 is 5.32 Å². The summed E-state index contributed by atoms with van der Waals surface area (Å²) in [5, 5.41) is 3.35. The van der Waals surface area contributed by atoms with Gasteiger partial charge < -0.3 is 5.32 Å². The van der Waals surface area contributed by atoms with Gasteiger partial charge in [0.1, 0.15) is 0 Å². The molecule has 2 atom stereocenters. The van der Waals surface area contributed by atoms with E-state index in [4.69, 9.17) is 11.6 Å². The second kappa shape index (κ2) is 6.70. The van der Waals surface area contributed by atoms with E-state index >= 15 is 0 Å². The summed E-state index contributed by atoms with van der Waals surface area (Å²) >= 11 is 6.03. The molecular formula is C11H19ClF3N. The van der Waals surface area contributed by atoms with E-state index in [1.165, 1.54) is 0 Å².